The molecule has 0 saturated carbocycles. The van der Waals surface area contributed by atoms with Crippen LogP contribution in [0.25, 0.3) is 0 Å². The Kier molecular flexibility index (Phi) is 4.88. The Morgan fingerprint density at radius 3 is 2.71 bits per heavy atom. The molecule has 0 unspecified atom stereocenters. The smallest absolute Gasteiger partial charge is 0.290 e. The van der Waals surface area contributed by atoms with Gasteiger partial charge in [0, 0.05) is 33.3 Å². The van der Waals surface area contributed by atoms with E-state index in [1.54, 1.807) is 0 Å². The summed E-state index contributed by atoms with van der Waals surface area (Å²) in [6.45, 7) is 2.09. The number of hydrogen-bond acceptors (Lipinski definition) is 8. The van der Waals surface area contributed by atoms with Crippen molar-refractivity contribution in [2.45, 2.75) is 25.8 Å². The molecule has 0 bridgehead atoms. The highest BCUT2D eigenvalue weighted by molar-refractivity contribution is 5.91. The first-order valence-corrected chi connectivity index (χ1v) is 7.99. The Bertz CT molecular complexity index is 681. The van der Waals surface area contributed by atoms with Crippen molar-refractivity contribution in [2.24, 2.45) is 0 Å². The highest BCUT2D eigenvalue weighted by Gasteiger charge is 2.17. The van der Waals surface area contributed by atoms with Gasteiger partial charge < -0.3 is 19.6 Å². The standard InChI is InChI=1S/C15H21N7O2/c1-21(2)14-18-12(10-16-13(23)11-6-7-17-24-11)19-15(20-14)22-8-4-3-5-9-22/h6-7H,3-5,8-10H2,1-2H3,(H,16,23). The molecule has 0 aromatic carbocycles. The monoisotopic (exact) mass is 331 g/mol. The SMILES string of the molecule is CN(C)c1nc(CNC(=O)c2ccno2)nc(N2CCCCC2)n1. The first-order valence-electron chi connectivity index (χ1n) is 7.99. The van der Waals surface area contributed by atoms with E-state index >= 15 is 0 Å². The van der Waals surface area contributed by atoms with Gasteiger partial charge in [0.15, 0.2) is 5.82 Å². The second kappa shape index (κ2) is 7.24. The molecule has 128 valence electrons. The van der Waals surface area contributed by atoms with Crippen LogP contribution in [0.4, 0.5) is 11.9 Å². The Hall–Kier alpha value is -2.71. The first kappa shape index (κ1) is 16.2. The topological polar surface area (TPSA) is 100 Å². The molecule has 1 aliphatic rings. The second-order valence-corrected chi connectivity index (χ2v) is 5.85. The average molecular weight is 331 g/mol. The van der Waals surface area contributed by atoms with Gasteiger partial charge in [0.25, 0.3) is 5.91 Å². The van der Waals surface area contributed by atoms with Crippen molar-refractivity contribution in [2.75, 3.05) is 37.0 Å². The molecule has 2 aromatic rings. The molecular weight excluding hydrogens is 310 g/mol. The molecule has 2 aromatic heterocycles. The van der Waals surface area contributed by atoms with Crippen molar-refractivity contribution in [3.8, 4) is 0 Å². The Morgan fingerprint density at radius 2 is 2.04 bits per heavy atom. The van der Waals surface area contributed by atoms with E-state index in [1.165, 1.54) is 18.7 Å². The predicted molar refractivity (Wildman–Crippen MR) is 87.9 cm³/mol. The molecule has 9 nitrogen and oxygen atoms in total. The molecule has 0 radical (unpaired) electrons. The van der Waals surface area contributed by atoms with Gasteiger partial charge in [-0.15, -0.1) is 0 Å². The van der Waals surface area contributed by atoms with Crippen LogP contribution in [0.5, 0.6) is 0 Å². The molecule has 9 heteroatoms. The van der Waals surface area contributed by atoms with Gasteiger partial charge in [0.1, 0.15) is 0 Å². The molecule has 1 amide bonds. The first-order chi connectivity index (χ1) is 11.6. The summed E-state index contributed by atoms with van der Waals surface area (Å²) < 4.78 is 4.83. The van der Waals surface area contributed by atoms with Crippen molar-refractivity contribution in [3.63, 3.8) is 0 Å². The zero-order valence-corrected chi connectivity index (χ0v) is 13.9. The zero-order chi connectivity index (χ0) is 16.9. The third-order valence-electron chi connectivity index (χ3n) is 3.77. The van der Waals surface area contributed by atoms with E-state index in [0.717, 1.165) is 25.9 Å². The molecule has 0 atom stereocenters. The summed E-state index contributed by atoms with van der Waals surface area (Å²) in [4.78, 5) is 29.4. The fourth-order valence-corrected chi connectivity index (χ4v) is 2.49. The average Bonchev–Trinajstić information content (AvgIpc) is 3.15. The Balaban J connectivity index is 1.75. The van der Waals surface area contributed by atoms with Crippen LogP contribution in [0.3, 0.4) is 0 Å². The molecule has 3 heterocycles. The largest absolute Gasteiger partial charge is 0.351 e. The van der Waals surface area contributed by atoms with E-state index in [9.17, 15) is 4.79 Å². The number of aromatic nitrogens is 4. The molecule has 1 aliphatic heterocycles. The van der Waals surface area contributed by atoms with Gasteiger partial charge in [-0.1, -0.05) is 5.16 Å². The number of carbonyl (C=O) groups excluding carboxylic acids is 1. The van der Waals surface area contributed by atoms with Crippen molar-refractivity contribution < 1.29 is 9.32 Å². The maximum absolute atomic E-state index is 11.9. The summed E-state index contributed by atoms with van der Waals surface area (Å²) in [6, 6.07) is 1.51. The van der Waals surface area contributed by atoms with Crippen LogP contribution >= 0.6 is 0 Å². The highest BCUT2D eigenvalue weighted by atomic mass is 16.5. The van der Waals surface area contributed by atoms with Gasteiger partial charge in [0.2, 0.25) is 17.7 Å². The minimum Gasteiger partial charge on any atom is -0.351 e. The van der Waals surface area contributed by atoms with E-state index < -0.39 is 0 Å². The van der Waals surface area contributed by atoms with Crippen molar-refractivity contribution in [3.05, 3.63) is 23.8 Å². The number of carbonyl (C=O) groups is 1. The van der Waals surface area contributed by atoms with Crippen LogP contribution < -0.4 is 15.1 Å². The van der Waals surface area contributed by atoms with Crippen LogP contribution in [0.1, 0.15) is 35.6 Å². The molecule has 3 rings (SSSR count). The lowest BCUT2D eigenvalue weighted by molar-refractivity contribution is 0.0913. The molecule has 1 N–H and O–H groups in total. The molecule has 0 spiro atoms. The number of nitrogens with one attached hydrogen (secondary N) is 1. The molecular formula is C15H21N7O2. The minimum absolute atomic E-state index is 0.160. The summed E-state index contributed by atoms with van der Waals surface area (Å²) in [6.07, 6.45) is 4.94. The lowest BCUT2D eigenvalue weighted by Crippen LogP contribution is -2.32. The van der Waals surface area contributed by atoms with E-state index in [-0.39, 0.29) is 18.2 Å². The van der Waals surface area contributed by atoms with E-state index in [4.69, 9.17) is 4.52 Å². The number of piperidine rings is 1. The molecule has 0 aliphatic carbocycles. The van der Waals surface area contributed by atoms with Gasteiger partial charge in [-0.2, -0.15) is 15.0 Å². The maximum Gasteiger partial charge on any atom is 0.290 e. The molecule has 24 heavy (non-hydrogen) atoms. The van der Waals surface area contributed by atoms with Crippen molar-refractivity contribution in [1.29, 1.82) is 0 Å². The normalized spacial score (nSPS) is 14.5. The number of anilines is 2. The van der Waals surface area contributed by atoms with Crippen LogP contribution in [-0.4, -0.2) is 53.2 Å². The fourth-order valence-electron chi connectivity index (χ4n) is 2.49. The summed E-state index contributed by atoms with van der Waals surface area (Å²) in [7, 11) is 3.76. The summed E-state index contributed by atoms with van der Waals surface area (Å²) in [5.74, 6) is 1.57. The Morgan fingerprint density at radius 1 is 1.25 bits per heavy atom. The third kappa shape index (κ3) is 3.79. The lowest BCUT2D eigenvalue weighted by atomic mass is 10.1. The molecule has 1 saturated heterocycles. The van der Waals surface area contributed by atoms with Crippen LogP contribution in [0.2, 0.25) is 0 Å². The van der Waals surface area contributed by atoms with Crippen molar-refractivity contribution >= 4 is 17.8 Å². The van der Waals surface area contributed by atoms with Gasteiger partial charge >= 0.3 is 0 Å². The number of nitrogens with zero attached hydrogens (tertiary/aromatic N) is 6. The minimum atomic E-state index is -0.348. The van der Waals surface area contributed by atoms with Crippen LogP contribution in [0.15, 0.2) is 16.8 Å². The van der Waals surface area contributed by atoms with Gasteiger partial charge in [-0.05, 0) is 19.3 Å². The second-order valence-electron chi connectivity index (χ2n) is 5.85. The molecule has 1 fully saturated rings. The number of rotatable bonds is 5. The van der Waals surface area contributed by atoms with Crippen molar-refractivity contribution in [1.82, 2.24) is 25.4 Å². The fraction of sp³-hybridized carbons (Fsp3) is 0.533. The summed E-state index contributed by atoms with van der Waals surface area (Å²) in [5.41, 5.74) is 0. The van der Waals surface area contributed by atoms with Crippen LogP contribution in [-0.2, 0) is 6.54 Å². The maximum atomic E-state index is 11.9. The summed E-state index contributed by atoms with van der Waals surface area (Å²) >= 11 is 0. The van der Waals surface area contributed by atoms with Crippen LogP contribution in [0, 0.1) is 0 Å². The van der Waals surface area contributed by atoms with Gasteiger partial charge in [-0.3, -0.25) is 4.79 Å². The lowest BCUT2D eigenvalue weighted by Gasteiger charge is -2.27. The predicted octanol–water partition coefficient (Wildman–Crippen LogP) is 0.846. The Labute approximate surface area is 140 Å². The quantitative estimate of drug-likeness (QED) is 0.860. The van der Waals surface area contributed by atoms with E-state index in [1.807, 2.05) is 19.0 Å². The highest BCUT2D eigenvalue weighted by Crippen LogP contribution is 2.17. The van der Waals surface area contributed by atoms with E-state index in [0.29, 0.717) is 17.7 Å². The van der Waals surface area contributed by atoms with Gasteiger partial charge in [-0.25, -0.2) is 0 Å². The third-order valence-corrected chi connectivity index (χ3v) is 3.77. The van der Waals surface area contributed by atoms with Gasteiger partial charge in [0.05, 0.1) is 12.7 Å². The number of hydrogen-bond donors (Lipinski definition) is 1. The summed E-state index contributed by atoms with van der Waals surface area (Å²) in [5, 5.41) is 6.26. The zero-order valence-electron chi connectivity index (χ0n) is 13.9. The number of amides is 1. The van der Waals surface area contributed by atoms with E-state index in [2.05, 4.69) is 30.3 Å².